The van der Waals surface area contributed by atoms with Gasteiger partial charge in [-0.1, -0.05) is 6.92 Å². The molecule has 0 aliphatic carbocycles. The van der Waals surface area contributed by atoms with Crippen LogP contribution in [0.1, 0.15) is 51.6 Å². The molecule has 2 atom stereocenters. The first-order chi connectivity index (χ1) is 8.54. The molecule has 0 radical (unpaired) electrons. The van der Waals surface area contributed by atoms with Crippen LogP contribution in [-0.2, 0) is 11.3 Å². The van der Waals surface area contributed by atoms with E-state index < -0.39 is 0 Å². The Balaban J connectivity index is 1.95. The Kier molecular flexibility index (Phi) is 4.13. The largest absolute Gasteiger partial charge is 0.370 e. The molecule has 2 heterocycles. The van der Waals surface area contributed by atoms with Gasteiger partial charge in [0.25, 0.3) is 0 Å². The van der Waals surface area contributed by atoms with Gasteiger partial charge in [-0.25, -0.2) is 0 Å². The fraction of sp³-hybridized carbons (Fsp3) is 0.733. The van der Waals surface area contributed by atoms with Gasteiger partial charge in [-0.05, 0) is 51.8 Å². The van der Waals surface area contributed by atoms with Gasteiger partial charge in [-0.2, -0.15) is 0 Å². The highest BCUT2D eigenvalue weighted by atomic mass is 16.5. The minimum atomic E-state index is 0.0670. The molecule has 102 valence electrons. The van der Waals surface area contributed by atoms with E-state index in [9.17, 15) is 0 Å². The van der Waals surface area contributed by atoms with Crippen molar-refractivity contribution < 1.29 is 4.74 Å². The minimum Gasteiger partial charge on any atom is -0.370 e. The van der Waals surface area contributed by atoms with E-state index in [4.69, 9.17) is 4.74 Å². The van der Waals surface area contributed by atoms with Crippen molar-refractivity contribution in [3.8, 4) is 0 Å². The van der Waals surface area contributed by atoms with Crippen LogP contribution in [0.2, 0.25) is 0 Å². The lowest BCUT2D eigenvalue weighted by molar-refractivity contribution is -0.0216. The maximum absolute atomic E-state index is 6.04. The Hall–Kier alpha value is -0.800. The van der Waals surface area contributed by atoms with Crippen LogP contribution in [0.4, 0.5) is 0 Å². The number of aromatic nitrogens is 1. The first kappa shape index (κ1) is 13.6. The quantitative estimate of drug-likeness (QED) is 0.869. The summed E-state index contributed by atoms with van der Waals surface area (Å²) in [5, 5.41) is 3.34. The molecule has 0 aromatic carbocycles. The third-order valence-corrected chi connectivity index (χ3v) is 3.90. The first-order valence-electron chi connectivity index (χ1n) is 7.05. The van der Waals surface area contributed by atoms with Crippen molar-refractivity contribution in [3.05, 3.63) is 24.0 Å². The molecule has 1 N–H and O–H groups in total. The van der Waals surface area contributed by atoms with Crippen molar-refractivity contribution in [2.75, 3.05) is 7.05 Å². The Morgan fingerprint density at radius 2 is 2.33 bits per heavy atom. The van der Waals surface area contributed by atoms with Crippen LogP contribution in [0.25, 0.3) is 0 Å². The first-order valence-corrected chi connectivity index (χ1v) is 7.05. The number of hydrogen-bond acceptors (Lipinski definition) is 2. The van der Waals surface area contributed by atoms with Crippen LogP contribution < -0.4 is 5.32 Å². The third kappa shape index (κ3) is 3.15. The molecule has 2 unspecified atom stereocenters. The normalized spacial score (nSPS) is 24.3. The third-order valence-electron chi connectivity index (χ3n) is 3.90. The zero-order chi connectivity index (χ0) is 13.2. The Morgan fingerprint density at radius 1 is 1.56 bits per heavy atom. The standard InChI is InChI=1S/C15H26N2O/c1-5-14(16-4)12-7-9-17(10-12)11-13-6-8-15(2,3)18-13/h7,9-10,13-14,16H,5-6,8,11H2,1-4H3. The van der Waals surface area contributed by atoms with E-state index in [-0.39, 0.29) is 5.60 Å². The number of ether oxygens (including phenoxy) is 1. The zero-order valence-electron chi connectivity index (χ0n) is 12.1. The van der Waals surface area contributed by atoms with Crippen molar-refractivity contribution in [1.82, 2.24) is 9.88 Å². The van der Waals surface area contributed by atoms with Gasteiger partial charge < -0.3 is 14.6 Å². The molecule has 3 nitrogen and oxygen atoms in total. The lowest BCUT2D eigenvalue weighted by Gasteiger charge is -2.19. The summed E-state index contributed by atoms with van der Waals surface area (Å²) < 4.78 is 8.30. The van der Waals surface area contributed by atoms with E-state index in [0.717, 1.165) is 13.0 Å². The molecule has 1 aromatic rings. The van der Waals surface area contributed by atoms with Gasteiger partial charge in [0.15, 0.2) is 0 Å². The molecule has 0 bridgehead atoms. The van der Waals surface area contributed by atoms with Gasteiger partial charge in [-0.3, -0.25) is 0 Å². The molecule has 1 saturated heterocycles. The number of rotatable bonds is 5. The monoisotopic (exact) mass is 250 g/mol. The average Bonchev–Trinajstić information content (AvgIpc) is 2.88. The van der Waals surface area contributed by atoms with Crippen LogP contribution in [0.3, 0.4) is 0 Å². The van der Waals surface area contributed by atoms with Gasteiger partial charge in [0.2, 0.25) is 0 Å². The van der Waals surface area contributed by atoms with Crippen LogP contribution >= 0.6 is 0 Å². The summed E-state index contributed by atoms with van der Waals surface area (Å²) in [7, 11) is 2.02. The SMILES string of the molecule is CCC(NC)c1ccn(CC2CCC(C)(C)O2)c1. The van der Waals surface area contributed by atoms with Gasteiger partial charge in [-0.15, -0.1) is 0 Å². The van der Waals surface area contributed by atoms with Crippen molar-refractivity contribution in [2.24, 2.45) is 0 Å². The molecule has 0 saturated carbocycles. The number of hydrogen-bond donors (Lipinski definition) is 1. The van der Waals surface area contributed by atoms with E-state index in [1.165, 1.54) is 18.4 Å². The van der Waals surface area contributed by atoms with Gasteiger partial charge >= 0.3 is 0 Å². The summed E-state index contributed by atoms with van der Waals surface area (Å²) >= 11 is 0. The van der Waals surface area contributed by atoms with Crippen LogP contribution in [-0.4, -0.2) is 23.3 Å². The van der Waals surface area contributed by atoms with Gasteiger partial charge in [0.1, 0.15) is 0 Å². The van der Waals surface area contributed by atoms with Crippen LogP contribution in [0.15, 0.2) is 18.5 Å². The molecular formula is C15H26N2O. The fourth-order valence-corrected chi connectivity index (χ4v) is 2.83. The Bertz CT molecular complexity index is 380. The number of nitrogens with zero attached hydrogens (tertiary/aromatic N) is 1. The van der Waals surface area contributed by atoms with E-state index >= 15 is 0 Å². The molecule has 0 spiro atoms. The molecule has 1 aliphatic rings. The molecule has 2 rings (SSSR count). The molecule has 0 amide bonds. The summed E-state index contributed by atoms with van der Waals surface area (Å²) in [5.41, 5.74) is 1.44. The molecular weight excluding hydrogens is 224 g/mol. The number of nitrogens with one attached hydrogen (secondary N) is 1. The second kappa shape index (κ2) is 5.45. The Labute approximate surface area is 111 Å². The maximum Gasteiger partial charge on any atom is 0.0762 e. The van der Waals surface area contributed by atoms with E-state index in [0.29, 0.717) is 12.1 Å². The highest BCUT2D eigenvalue weighted by molar-refractivity contribution is 5.15. The van der Waals surface area contributed by atoms with Crippen molar-refractivity contribution >= 4 is 0 Å². The zero-order valence-corrected chi connectivity index (χ0v) is 12.1. The highest BCUT2D eigenvalue weighted by Crippen LogP contribution is 2.30. The molecule has 1 aliphatic heterocycles. The van der Waals surface area contributed by atoms with Crippen LogP contribution in [0, 0.1) is 0 Å². The smallest absolute Gasteiger partial charge is 0.0762 e. The van der Waals surface area contributed by atoms with E-state index in [2.05, 4.69) is 49.1 Å². The van der Waals surface area contributed by atoms with Gasteiger partial charge in [0, 0.05) is 25.0 Å². The predicted molar refractivity (Wildman–Crippen MR) is 74.7 cm³/mol. The Morgan fingerprint density at radius 3 is 2.89 bits per heavy atom. The van der Waals surface area contributed by atoms with E-state index in [1.807, 2.05) is 7.05 Å². The predicted octanol–water partition coefficient (Wildman–Crippen LogP) is 3.12. The highest BCUT2D eigenvalue weighted by Gasteiger charge is 2.31. The van der Waals surface area contributed by atoms with Crippen molar-refractivity contribution in [2.45, 2.75) is 64.3 Å². The second-order valence-corrected chi connectivity index (χ2v) is 5.93. The van der Waals surface area contributed by atoms with Crippen molar-refractivity contribution in [3.63, 3.8) is 0 Å². The second-order valence-electron chi connectivity index (χ2n) is 5.93. The molecule has 18 heavy (non-hydrogen) atoms. The summed E-state index contributed by atoms with van der Waals surface area (Å²) in [6.45, 7) is 7.55. The average molecular weight is 250 g/mol. The van der Waals surface area contributed by atoms with E-state index in [1.54, 1.807) is 0 Å². The molecule has 1 aromatic heterocycles. The summed E-state index contributed by atoms with van der Waals surface area (Å²) in [4.78, 5) is 0. The topological polar surface area (TPSA) is 26.2 Å². The summed E-state index contributed by atoms with van der Waals surface area (Å²) in [5.74, 6) is 0. The van der Waals surface area contributed by atoms with Crippen LogP contribution in [0.5, 0.6) is 0 Å². The minimum absolute atomic E-state index is 0.0670. The lowest BCUT2D eigenvalue weighted by Crippen LogP contribution is -2.22. The summed E-state index contributed by atoms with van der Waals surface area (Å²) in [6.07, 6.45) is 8.25. The lowest BCUT2D eigenvalue weighted by atomic mass is 10.1. The molecule has 1 fully saturated rings. The fourth-order valence-electron chi connectivity index (χ4n) is 2.83. The maximum atomic E-state index is 6.04. The molecule has 3 heteroatoms. The summed E-state index contributed by atoms with van der Waals surface area (Å²) in [6, 6.07) is 2.68. The van der Waals surface area contributed by atoms with Crippen molar-refractivity contribution in [1.29, 1.82) is 0 Å². The van der Waals surface area contributed by atoms with Gasteiger partial charge in [0.05, 0.1) is 11.7 Å².